The number of rotatable bonds is 6. The van der Waals surface area contributed by atoms with Crippen LogP contribution in [0.5, 0.6) is 17.4 Å². The molecule has 32 heavy (non-hydrogen) atoms. The summed E-state index contributed by atoms with van der Waals surface area (Å²) < 4.78 is 16.8. The topological polar surface area (TPSA) is 69.7 Å². The maximum atomic E-state index is 13.4. The van der Waals surface area contributed by atoms with Gasteiger partial charge in [0.2, 0.25) is 11.8 Å². The van der Waals surface area contributed by atoms with Crippen LogP contribution in [0.2, 0.25) is 5.02 Å². The first-order valence-electron chi connectivity index (χ1n) is 10.4. The maximum Gasteiger partial charge on any atom is 0.235 e. The fraction of sp³-hybridized carbons (Fsp3) is 0.280. The van der Waals surface area contributed by atoms with E-state index in [0.717, 1.165) is 11.1 Å². The number of pyridine rings is 1. The molecule has 3 aromatic rings. The Morgan fingerprint density at radius 2 is 1.91 bits per heavy atom. The molecule has 1 saturated heterocycles. The van der Waals surface area contributed by atoms with E-state index in [9.17, 15) is 4.79 Å². The number of benzene rings is 2. The average Bonchev–Trinajstić information content (AvgIpc) is 2.81. The Hall–Kier alpha value is -3.09. The van der Waals surface area contributed by atoms with Crippen LogP contribution in [0.3, 0.4) is 0 Å². The Bertz CT molecular complexity index is 1100. The second-order valence-electron chi connectivity index (χ2n) is 7.80. The second-order valence-corrected chi connectivity index (χ2v) is 8.24. The Morgan fingerprint density at radius 1 is 1.09 bits per heavy atom. The van der Waals surface area contributed by atoms with E-state index < -0.39 is 5.41 Å². The highest BCUT2D eigenvalue weighted by Gasteiger charge is 2.41. The first-order valence-corrected chi connectivity index (χ1v) is 10.8. The fourth-order valence-corrected chi connectivity index (χ4v) is 4.08. The minimum Gasteiger partial charge on any atom is -0.493 e. The lowest BCUT2D eigenvalue weighted by Crippen LogP contribution is -2.44. The number of hydrogen-bond donors (Lipinski definition) is 1. The molecule has 1 amide bonds. The second kappa shape index (κ2) is 9.59. The third kappa shape index (κ3) is 4.71. The van der Waals surface area contributed by atoms with Gasteiger partial charge in [0, 0.05) is 24.3 Å². The molecule has 0 aliphatic carbocycles. The molecule has 2 heterocycles. The number of methoxy groups -OCH3 is 1. The number of amides is 1. The third-order valence-corrected chi connectivity index (χ3v) is 5.92. The van der Waals surface area contributed by atoms with Crippen LogP contribution < -0.4 is 14.8 Å². The van der Waals surface area contributed by atoms with Gasteiger partial charge < -0.3 is 19.5 Å². The van der Waals surface area contributed by atoms with E-state index in [1.807, 2.05) is 49.4 Å². The van der Waals surface area contributed by atoms with Gasteiger partial charge in [-0.1, -0.05) is 29.8 Å². The van der Waals surface area contributed by atoms with Gasteiger partial charge in [0.1, 0.15) is 0 Å². The zero-order valence-electron chi connectivity index (χ0n) is 18.1. The summed E-state index contributed by atoms with van der Waals surface area (Å²) in [4.78, 5) is 17.7. The quantitative estimate of drug-likeness (QED) is 0.532. The summed E-state index contributed by atoms with van der Waals surface area (Å²) in [6.45, 7) is 3.02. The van der Waals surface area contributed by atoms with Crippen LogP contribution in [-0.4, -0.2) is 31.2 Å². The Labute approximate surface area is 192 Å². The van der Waals surface area contributed by atoms with Crippen LogP contribution in [0.25, 0.3) is 0 Å². The van der Waals surface area contributed by atoms with Gasteiger partial charge in [-0.05, 0) is 61.2 Å². The van der Waals surface area contributed by atoms with Crippen LogP contribution in [0, 0.1) is 6.92 Å². The average molecular weight is 453 g/mol. The minimum absolute atomic E-state index is 0.0984. The van der Waals surface area contributed by atoms with E-state index in [4.69, 9.17) is 25.8 Å². The number of aryl methyl sites for hydroxylation is 1. The van der Waals surface area contributed by atoms with Crippen molar-refractivity contribution in [3.63, 3.8) is 0 Å². The summed E-state index contributed by atoms with van der Waals surface area (Å²) in [5.74, 6) is 1.51. The molecule has 2 aromatic carbocycles. The summed E-state index contributed by atoms with van der Waals surface area (Å²) in [7, 11) is 1.60. The highest BCUT2D eigenvalue weighted by Crippen LogP contribution is 2.37. The lowest BCUT2D eigenvalue weighted by Gasteiger charge is -2.36. The van der Waals surface area contributed by atoms with Crippen molar-refractivity contribution in [2.75, 3.05) is 25.6 Å². The molecular weight excluding hydrogens is 428 g/mol. The van der Waals surface area contributed by atoms with Crippen molar-refractivity contribution in [2.45, 2.75) is 25.2 Å². The zero-order valence-corrected chi connectivity index (χ0v) is 18.8. The normalized spacial score (nSPS) is 15.1. The molecular formula is C25H25ClN2O4. The van der Waals surface area contributed by atoms with Crippen molar-refractivity contribution < 1.29 is 19.0 Å². The predicted molar refractivity (Wildman–Crippen MR) is 124 cm³/mol. The van der Waals surface area contributed by atoms with Gasteiger partial charge in [0.15, 0.2) is 11.5 Å². The molecule has 1 aliphatic rings. The van der Waals surface area contributed by atoms with E-state index in [1.165, 1.54) is 0 Å². The molecule has 166 valence electrons. The van der Waals surface area contributed by atoms with Crippen molar-refractivity contribution in [2.24, 2.45) is 0 Å². The van der Waals surface area contributed by atoms with E-state index in [1.54, 1.807) is 25.4 Å². The fourth-order valence-electron chi connectivity index (χ4n) is 3.89. The van der Waals surface area contributed by atoms with Crippen molar-refractivity contribution in [3.05, 3.63) is 76.9 Å². The number of hydrogen-bond acceptors (Lipinski definition) is 5. The smallest absolute Gasteiger partial charge is 0.235 e. The number of halogens is 1. The van der Waals surface area contributed by atoms with Gasteiger partial charge in [-0.15, -0.1) is 0 Å². The first kappa shape index (κ1) is 22.1. The zero-order chi connectivity index (χ0) is 22.6. The van der Waals surface area contributed by atoms with E-state index >= 15 is 0 Å². The molecule has 1 aromatic heterocycles. The monoisotopic (exact) mass is 452 g/mol. The first-order chi connectivity index (χ1) is 15.5. The third-order valence-electron chi connectivity index (χ3n) is 5.69. The number of nitrogens with one attached hydrogen (secondary N) is 1. The number of carbonyl (C=O) groups excluding carboxylic acids is 1. The molecule has 0 spiro atoms. The lowest BCUT2D eigenvalue weighted by molar-refractivity contribution is -0.125. The van der Waals surface area contributed by atoms with Crippen LogP contribution in [0.4, 0.5) is 5.69 Å². The summed E-state index contributed by atoms with van der Waals surface area (Å²) in [6, 6.07) is 16.6. The summed E-state index contributed by atoms with van der Waals surface area (Å²) >= 11 is 6.21. The van der Waals surface area contributed by atoms with Gasteiger partial charge in [-0.2, -0.15) is 0 Å². The molecule has 4 rings (SSSR count). The van der Waals surface area contributed by atoms with Crippen molar-refractivity contribution >= 4 is 23.2 Å². The minimum atomic E-state index is -0.701. The Morgan fingerprint density at radius 3 is 2.59 bits per heavy atom. The Kier molecular flexibility index (Phi) is 6.63. The van der Waals surface area contributed by atoms with Crippen LogP contribution in [-0.2, 0) is 14.9 Å². The molecule has 1 aliphatic heterocycles. The largest absolute Gasteiger partial charge is 0.493 e. The molecule has 0 unspecified atom stereocenters. The molecule has 1 N–H and O–H groups in total. The van der Waals surface area contributed by atoms with E-state index in [2.05, 4.69) is 10.3 Å². The number of aromatic nitrogens is 1. The number of carbonyl (C=O) groups is 1. The van der Waals surface area contributed by atoms with Gasteiger partial charge >= 0.3 is 0 Å². The van der Waals surface area contributed by atoms with E-state index in [0.29, 0.717) is 54.1 Å². The molecule has 0 bridgehead atoms. The molecule has 7 heteroatoms. The van der Waals surface area contributed by atoms with Gasteiger partial charge in [-0.3, -0.25) is 4.79 Å². The molecule has 6 nitrogen and oxygen atoms in total. The van der Waals surface area contributed by atoms with E-state index in [-0.39, 0.29) is 5.91 Å². The molecule has 0 saturated carbocycles. The van der Waals surface area contributed by atoms with Gasteiger partial charge in [0.25, 0.3) is 0 Å². The van der Waals surface area contributed by atoms with Crippen LogP contribution in [0.1, 0.15) is 24.0 Å². The van der Waals surface area contributed by atoms with Crippen molar-refractivity contribution in [1.29, 1.82) is 0 Å². The predicted octanol–water partition coefficient (Wildman–Crippen LogP) is 5.53. The van der Waals surface area contributed by atoms with Crippen molar-refractivity contribution in [1.82, 2.24) is 4.98 Å². The maximum absolute atomic E-state index is 13.4. The number of ether oxygens (including phenoxy) is 3. The van der Waals surface area contributed by atoms with Crippen LogP contribution in [0.15, 0.2) is 60.8 Å². The number of anilines is 1. The summed E-state index contributed by atoms with van der Waals surface area (Å²) in [6.07, 6.45) is 2.75. The lowest BCUT2D eigenvalue weighted by atomic mass is 9.73. The molecule has 0 atom stereocenters. The molecule has 0 radical (unpaired) electrons. The molecule has 1 fully saturated rings. The standard InChI is InChI=1S/C25H25ClN2O4/c1-17-6-8-21(22(14-17)30-2)32-23-9-7-20(16-27-23)28-24(29)25(10-12-31-13-11-25)18-4-3-5-19(26)15-18/h3-9,14-16H,10-13H2,1-2H3,(H,28,29). The highest BCUT2D eigenvalue weighted by molar-refractivity contribution is 6.30. The van der Waals surface area contributed by atoms with Crippen molar-refractivity contribution in [3.8, 4) is 17.4 Å². The summed E-state index contributed by atoms with van der Waals surface area (Å²) in [5, 5.41) is 3.62. The van der Waals surface area contributed by atoms with Crippen LogP contribution >= 0.6 is 11.6 Å². The highest BCUT2D eigenvalue weighted by atomic mass is 35.5. The summed E-state index contributed by atoms with van der Waals surface area (Å²) in [5.41, 5.74) is 1.85. The number of nitrogens with zero attached hydrogens (tertiary/aromatic N) is 1. The Balaban J connectivity index is 1.51. The SMILES string of the molecule is COc1cc(C)ccc1Oc1ccc(NC(=O)C2(c3cccc(Cl)c3)CCOCC2)cn1. The van der Waals surface area contributed by atoms with Gasteiger partial charge in [0.05, 0.1) is 24.4 Å². The van der Waals surface area contributed by atoms with Gasteiger partial charge in [-0.25, -0.2) is 4.98 Å².